The predicted octanol–water partition coefficient (Wildman–Crippen LogP) is 1.82. The second-order valence-corrected chi connectivity index (χ2v) is 5.13. The number of benzene rings is 1. The lowest BCUT2D eigenvalue weighted by atomic mass is 10.1. The average Bonchev–Trinajstić information content (AvgIpc) is 3.24. The van der Waals surface area contributed by atoms with Gasteiger partial charge in [0.15, 0.2) is 6.10 Å². The van der Waals surface area contributed by atoms with Gasteiger partial charge in [-0.05, 0) is 31.4 Å². The van der Waals surface area contributed by atoms with Crippen LogP contribution in [0, 0.1) is 5.41 Å². The molecule has 0 radical (unpaired) electrons. The number of hydrogen-bond acceptors (Lipinski definition) is 3. The Bertz CT molecular complexity index is 482. The summed E-state index contributed by atoms with van der Waals surface area (Å²) in [6.07, 6.45) is 1.18. The average molecular weight is 277 g/mol. The van der Waals surface area contributed by atoms with E-state index in [1.807, 2.05) is 25.1 Å². The second kappa shape index (κ2) is 5.94. The van der Waals surface area contributed by atoms with Crippen molar-refractivity contribution in [1.29, 1.82) is 0 Å². The number of carboxylic acid groups (broad SMARTS) is 1. The van der Waals surface area contributed by atoms with Crippen LogP contribution in [0.4, 0.5) is 0 Å². The van der Waals surface area contributed by atoms with E-state index in [4.69, 9.17) is 9.84 Å². The van der Waals surface area contributed by atoms with Crippen molar-refractivity contribution in [3.8, 4) is 5.75 Å². The Hall–Kier alpha value is -2.04. The van der Waals surface area contributed by atoms with Gasteiger partial charge in [0.1, 0.15) is 5.75 Å². The summed E-state index contributed by atoms with van der Waals surface area (Å²) in [7, 11) is 0. The molecule has 1 aliphatic rings. The van der Waals surface area contributed by atoms with E-state index in [0.717, 1.165) is 0 Å². The normalized spacial score (nSPS) is 17.1. The topological polar surface area (TPSA) is 75.6 Å². The van der Waals surface area contributed by atoms with Gasteiger partial charge in [-0.3, -0.25) is 9.59 Å². The first-order valence-corrected chi connectivity index (χ1v) is 6.80. The Kier molecular flexibility index (Phi) is 4.27. The number of ether oxygens (including phenoxy) is 1. The summed E-state index contributed by atoms with van der Waals surface area (Å²) in [6.45, 7) is 2.03. The number of rotatable bonds is 7. The van der Waals surface area contributed by atoms with Crippen molar-refractivity contribution >= 4 is 11.9 Å². The minimum absolute atomic E-state index is 0.176. The summed E-state index contributed by atoms with van der Waals surface area (Å²) in [5.74, 6) is -0.465. The summed E-state index contributed by atoms with van der Waals surface area (Å²) < 4.78 is 5.61. The van der Waals surface area contributed by atoms with Gasteiger partial charge in [0.05, 0.1) is 5.41 Å². The van der Waals surface area contributed by atoms with E-state index >= 15 is 0 Å². The first-order chi connectivity index (χ1) is 9.57. The monoisotopic (exact) mass is 277 g/mol. The SMILES string of the molecule is CCC(Oc1ccccc1)C(=O)NCC1(C(=O)O)CC1. The van der Waals surface area contributed by atoms with Gasteiger partial charge in [-0.15, -0.1) is 0 Å². The van der Waals surface area contributed by atoms with E-state index in [1.54, 1.807) is 12.1 Å². The number of para-hydroxylation sites is 1. The molecule has 5 nitrogen and oxygen atoms in total. The van der Waals surface area contributed by atoms with Crippen molar-refractivity contribution < 1.29 is 19.4 Å². The number of nitrogens with one attached hydrogen (secondary N) is 1. The molecule has 2 rings (SSSR count). The maximum atomic E-state index is 12.0. The fraction of sp³-hybridized carbons (Fsp3) is 0.467. The third-order valence-corrected chi connectivity index (χ3v) is 3.59. The summed E-state index contributed by atoms with van der Waals surface area (Å²) in [5, 5.41) is 11.8. The van der Waals surface area contributed by atoms with E-state index < -0.39 is 17.5 Å². The molecule has 1 fully saturated rings. The van der Waals surface area contributed by atoms with Crippen LogP contribution in [0.5, 0.6) is 5.75 Å². The van der Waals surface area contributed by atoms with Crippen LogP contribution in [0.2, 0.25) is 0 Å². The molecule has 0 aromatic heterocycles. The lowest BCUT2D eigenvalue weighted by Gasteiger charge is -2.18. The van der Waals surface area contributed by atoms with E-state index in [0.29, 0.717) is 25.0 Å². The molecule has 5 heteroatoms. The molecule has 20 heavy (non-hydrogen) atoms. The number of carboxylic acids is 1. The van der Waals surface area contributed by atoms with Crippen LogP contribution in [0.25, 0.3) is 0 Å². The molecule has 0 aliphatic heterocycles. The van der Waals surface area contributed by atoms with E-state index in [-0.39, 0.29) is 12.5 Å². The molecule has 1 amide bonds. The van der Waals surface area contributed by atoms with Gasteiger partial charge in [-0.1, -0.05) is 25.1 Å². The molecule has 1 unspecified atom stereocenters. The van der Waals surface area contributed by atoms with Crippen LogP contribution in [0.3, 0.4) is 0 Å². The summed E-state index contributed by atoms with van der Waals surface area (Å²) in [6, 6.07) is 9.12. The van der Waals surface area contributed by atoms with Crippen molar-refractivity contribution in [2.24, 2.45) is 5.41 Å². The number of carbonyl (C=O) groups excluding carboxylic acids is 1. The van der Waals surface area contributed by atoms with E-state index in [2.05, 4.69) is 5.32 Å². The van der Waals surface area contributed by atoms with Crippen LogP contribution in [0.1, 0.15) is 26.2 Å². The summed E-state index contributed by atoms with van der Waals surface area (Å²) >= 11 is 0. The van der Waals surface area contributed by atoms with Crippen molar-refractivity contribution in [1.82, 2.24) is 5.32 Å². The fourth-order valence-electron chi connectivity index (χ4n) is 1.97. The smallest absolute Gasteiger partial charge is 0.311 e. The van der Waals surface area contributed by atoms with Gasteiger partial charge >= 0.3 is 5.97 Å². The minimum atomic E-state index is -0.838. The molecule has 1 aromatic rings. The number of aliphatic carboxylic acids is 1. The van der Waals surface area contributed by atoms with Crippen LogP contribution in [0.15, 0.2) is 30.3 Å². The zero-order valence-corrected chi connectivity index (χ0v) is 11.5. The van der Waals surface area contributed by atoms with Crippen LogP contribution < -0.4 is 10.1 Å². The molecular formula is C15H19NO4. The minimum Gasteiger partial charge on any atom is -0.481 e. The van der Waals surface area contributed by atoms with Gasteiger partial charge in [0.25, 0.3) is 5.91 Å². The number of hydrogen-bond donors (Lipinski definition) is 2. The van der Waals surface area contributed by atoms with Gasteiger partial charge in [-0.25, -0.2) is 0 Å². The molecule has 0 spiro atoms. The van der Waals surface area contributed by atoms with Gasteiger partial charge in [-0.2, -0.15) is 0 Å². The summed E-state index contributed by atoms with van der Waals surface area (Å²) in [5.41, 5.74) is -0.749. The van der Waals surface area contributed by atoms with Crippen molar-refractivity contribution in [2.45, 2.75) is 32.3 Å². The summed E-state index contributed by atoms with van der Waals surface area (Å²) in [4.78, 5) is 23.1. The second-order valence-electron chi connectivity index (χ2n) is 5.13. The van der Waals surface area contributed by atoms with Gasteiger partial charge in [0.2, 0.25) is 0 Å². The molecule has 2 N–H and O–H groups in total. The molecule has 1 saturated carbocycles. The van der Waals surface area contributed by atoms with Crippen LogP contribution in [-0.4, -0.2) is 29.6 Å². The highest BCUT2D eigenvalue weighted by Crippen LogP contribution is 2.45. The molecule has 0 bridgehead atoms. The molecule has 108 valence electrons. The fourth-order valence-corrected chi connectivity index (χ4v) is 1.97. The van der Waals surface area contributed by atoms with Crippen LogP contribution in [-0.2, 0) is 9.59 Å². The Morgan fingerprint density at radius 3 is 2.50 bits per heavy atom. The Morgan fingerprint density at radius 2 is 2.00 bits per heavy atom. The number of amides is 1. The Morgan fingerprint density at radius 1 is 1.35 bits per heavy atom. The van der Waals surface area contributed by atoms with Crippen molar-refractivity contribution in [2.75, 3.05) is 6.54 Å². The van der Waals surface area contributed by atoms with Crippen molar-refractivity contribution in [3.05, 3.63) is 30.3 Å². The van der Waals surface area contributed by atoms with Gasteiger partial charge < -0.3 is 15.2 Å². The highest BCUT2D eigenvalue weighted by Gasteiger charge is 2.50. The zero-order valence-electron chi connectivity index (χ0n) is 11.5. The quantitative estimate of drug-likeness (QED) is 0.797. The maximum absolute atomic E-state index is 12.0. The number of carbonyl (C=O) groups is 2. The lowest BCUT2D eigenvalue weighted by molar-refractivity contribution is -0.143. The maximum Gasteiger partial charge on any atom is 0.311 e. The molecule has 0 saturated heterocycles. The predicted molar refractivity (Wildman–Crippen MR) is 73.5 cm³/mol. The van der Waals surface area contributed by atoms with Crippen LogP contribution >= 0.6 is 0 Å². The lowest BCUT2D eigenvalue weighted by Crippen LogP contribution is -2.42. The Balaban J connectivity index is 1.88. The first kappa shape index (κ1) is 14.4. The molecular weight excluding hydrogens is 258 g/mol. The van der Waals surface area contributed by atoms with Crippen molar-refractivity contribution in [3.63, 3.8) is 0 Å². The van der Waals surface area contributed by atoms with E-state index in [1.165, 1.54) is 0 Å². The van der Waals surface area contributed by atoms with E-state index in [9.17, 15) is 9.59 Å². The third kappa shape index (κ3) is 3.29. The Labute approximate surface area is 117 Å². The largest absolute Gasteiger partial charge is 0.481 e. The molecule has 1 aliphatic carbocycles. The molecule has 0 heterocycles. The molecule has 1 atom stereocenters. The van der Waals surface area contributed by atoms with Gasteiger partial charge in [0, 0.05) is 6.54 Å². The third-order valence-electron chi connectivity index (χ3n) is 3.59. The molecule has 1 aromatic carbocycles. The highest BCUT2D eigenvalue weighted by molar-refractivity contribution is 5.83. The zero-order chi connectivity index (χ0) is 14.6. The first-order valence-electron chi connectivity index (χ1n) is 6.80. The highest BCUT2D eigenvalue weighted by atomic mass is 16.5. The standard InChI is InChI=1S/C15H19NO4/c1-2-12(20-11-6-4-3-5-7-11)13(17)16-10-15(8-9-15)14(18)19/h3-7,12H,2,8-10H2,1H3,(H,16,17)(H,18,19).